The molecule has 1 aromatic carbocycles. The molecule has 0 aliphatic rings. The summed E-state index contributed by atoms with van der Waals surface area (Å²) in [6.45, 7) is 4.29. The van der Waals surface area contributed by atoms with Gasteiger partial charge < -0.3 is 15.8 Å². The first kappa shape index (κ1) is 18.0. The van der Waals surface area contributed by atoms with Gasteiger partial charge in [0.25, 0.3) is 5.91 Å². The summed E-state index contributed by atoms with van der Waals surface area (Å²) in [4.78, 5) is 25.1. The lowest BCUT2D eigenvalue weighted by atomic mass is 9.98. The number of hydrogen-bond donors (Lipinski definition) is 2. The van der Waals surface area contributed by atoms with Crippen LogP contribution in [0.5, 0.6) is 5.75 Å². The lowest BCUT2D eigenvalue weighted by Crippen LogP contribution is -2.48. The zero-order chi connectivity index (χ0) is 17.5. The molecule has 1 aromatic heterocycles. The molecule has 0 saturated heterocycles. The molecule has 2 unspecified atom stereocenters. The van der Waals surface area contributed by atoms with Crippen molar-refractivity contribution in [3.8, 4) is 5.75 Å². The van der Waals surface area contributed by atoms with Crippen LogP contribution < -0.4 is 15.8 Å². The quantitative estimate of drug-likeness (QED) is 0.771. The minimum atomic E-state index is -0.682. The molecule has 2 atom stereocenters. The first-order valence-corrected chi connectivity index (χ1v) is 8.74. The molecular formula is C18H22N2O3S. The molecule has 1 heterocycles. The molecule has 2 rings (SSSR count). The Morgan fingerprint density at radius 2 is 2.08 bits per heavy atom. The van der Waals surface area contributed by atoms with Crippen LogP contribution >= 0.6 is 11.3 Å². The molecule has 0 aliphatic carbocycles. The van der Waals surface area contributed by atoms with Gasteiger partial charge in [0, 0.05) is 10.4 Å². The first-order valence-electron chi connectivity index (χ1n) is 7.86. The zero-order valence-corrected chi connectivity index (χ0v) is 14.6. The second kappa shape index (κ2) is 8.49. The topological polar surface area (TPSA) is 81.4 Å². The number of carbonyl (C=O) groups is 2. The molecule has 6 heteroatoms. The maximum Gasteiger partial charge on any atom is 0.252 e. The number of hydrogen-bond acceptors (Lipinski definition) is 4. The minimum Gasteiger partial charge on any atom is -0.488 e. The Kier molecular flexibility index (Phi) is 6.37. The van der Waals surface area contributed by atoms with Gasteiger partial charge in [-0.3, -0.25) is 9.59 Å². The molecule has 0 fully saturated rings. The van der Waals surface area contributed by atoms with E-state index in [0.29, 0.717) is 17.9 Å². The average Bonchev–Trinajstić information content (AvgIpc) is 3.10. The van der Waals surface area contributed by atoms with Gasteiger partial charge >= 0.3 is 0 Å². The number of benzene rings is 1. The van der Waals surface area contributed by atoms with E-state index in [2.05, 4.69) is 5.32 Å². The number of nitrogens with one attached hydrogen (secondary N) is 1. The summed E-state index contributed by atoms with van der Waals surface area (Å²) < 4.78 is 5.70. The van der Waals surface area contributed by atoms with E-state index in [4.69, 9.17) is 10.5 Å². The number of primary amides is 1. The Bertz CT molecular complexity index is 685. The molecule has 0 bridgehead atoms. The normalized spacial score (nSPS) is 13.1. The number of ether oxygens (including phenoxy) is 1. The zero-order valence-electron chi connectivity index (χ0n) is 13.8. The highest BCUT2D eigenvalue weighted by Crippen LogP contribution is 2.18. The van der Waals surface area contributed by atoms with Crippen LogP contribution in [0.1, 0.15) is 35.5 Å². The van der Waals surface area contributed by atoms with Gasteiger partial charge in [-0.2, -0.15) is 0 Å². The molecule has 3 N–H and O–H groups in total. The third-order valence-electron chi connectivity index (χ3n) is 3.86. The number of nitrogens with two attached hydrogens (primary N) is 1. The second-order valence-corrected chi connectivity index (χ2v) is 6.67. The van der Waals surface area contributed by atoms with Crippen LogP contribution in [0, 0.1) is 5.92 Å². The van der Waals surface area contributed by atoms with Crippen LogP contribution in [0.2, 0.25) is 0 Å². The first-order chi connectivity index (χ1) is 11.5. The summed E-state index contributed by atoms with van der Waals surface area (Å²) >= 11 is 1.61. The van der Waals surface area contributed by atoms with Gasteiger partial charge in [0.15, 0.2) is 0 Å². The van der Waals surface area contributed by atoms with Gasteiger partial charge in [0.05, 0.1) is 0 Å². The van der Waals surface area contributed by atoms with E-state index in [1.807, 2.05) is 31.4 Å². The molecule has 24 heavy (non-hydrogen) atoms. The monoisotopic (exact) mass is 346 g/mol. The van der Waals surface area contributed by atoms with E-state index in [1.165, 1.54) is 0 Å². The van der Waals surface area contributed by atoms with E-state index >= 15 is 0 Å². The number of rotatable bonds is 8. The minimum absolute atomic E-state index is 0.0234. The molecular weight excluding hydrogens is 324 g/mol. The Morgan fingerprint density at radius 1 is 1.29 bits per heavy atom. The summed E-state index contributed by atoms with van der Waals surface area (Å²) in [5.41, 5.74) is 5.83. The molecule has 0 aliphatic heterocycles. The molecule has 2 amide bonds. The standard InChI is InChI=1S/C18H22N2O3S/c1-3-12(2)16(17(19)21)20-18(22)13-6-4-7-14(10-13)23-11-15-8-5-9-24-15/h4-10,12,16H,3,11H2,1-2H3,(H2,19,21)(H,20,22). The summed E-state index contributed by atoms with van der Waals surface area (Å²) in [5.74, 6) is -0.275. The van der Waals surface area contributed by atoms with Crippen LogP contribution in [0.25, 0.3) is 0 Å². The average molecular weight is 346 g/mol. The lowest BCUT2D eigenvalue weighted by molar-refractivity contribution is -0.120. The number of carbonyl (C=O) groups excluding carboxylic acids is 2. The second-order valence-electron chi connectivity index (χ2n) is 5.63. The van der Waals surface area contributed by atoms with E-state index in [-0.39, 0.29) is 11.8 Å². The van der Waals surface area contributed by atoms with Gasteiger partial charge in [-0.15, -0.1) is 11.3 Å². The largest absolute Gasteiger partial charge is 0.488 e. The highest BCUT2D eigenvalue weighted by Gasteiger charge is 2.24. The third-order valence-corrected chi connectivity index (χ3v) is 4.71. The third kappa shape index (κ3) is 4.83. The fraction of sp³-hybridized carbons (Fsp3) is 0.333. The number of thiophene rings is 1. The van der Waals surface area contributed by atoms with E-state index in [0.717, 1.165) is 11.3 Å². The van der Waals surface area contributed by atoms with Gasteiger partial charge in [-0.25, -0.2) is 0 Å². The van der Waals surface area contributed by atoms with Crippen LogP contribution in [0.4, 0.5) is 0 Å². The SMILES string of the molecule is CCC(C)C(NC(=O)c1cccc(OCc2cccs2)c1)C(N)=O. The fourth-order valence-corrected chi connectivity index (χ4v) is 2.85. The van der Waals surface area contributed by atoms with Crippen molar-refractivity contribution in [2.75, 3.05) is 0 Å². The highest BCUT2D eigenvalue weighted by atomic mass is 32.1. The summed E-state index contributed by atoms with van der Waals surface area (Å²) in [6, 6.07) is 10.2. The van der Waals surface area contributed by atoms with Gasteiger partial charge in [-0.1, -0.05) is 32.4 Å². The predicted octanol–water partition coefficient (Wildman–Crippen LogP) is 2.96. The van der Waals surface area contributed by atoms with Gasteiger partial charge in [0.1, 0.15) is 18.4 Å². The maximum atomic E-state index is 12.4. The van der Waals surface area contributed by atoms with Crippen molar-refractivity contribution in [3.63, 3.8) is 0 Å². The van der Waals surface area contributed by atoms with Crippen molar-refractivity contribution in [3.05, 3.63) is 52.2 Å². The number of amides is 2. The predicted molar refractivity (Wildman–Crippen MR) is 95.0 cm³/mol. The van der Waals surface area contributed by atoms with Crippen molar-refractivity contribution < 1.29 is 14.3 Å². The van der Waals surface area contributed by atoms with Crippen LogP contribution in [-0.4, -0.2) is 17.9 Å². The molecule has 0 spiro atoms. The van der Waals surface area contributed by atoms with E-state index < -0.39 is 11.9 Å². The van der Waals surface area contributed by atoms with E-state index in [1.54, 1.807) is 35.6 Å². The van der Waals surface area contributed by atoms with Crippen molar-refractivity contribution >= 4 is 23.2 Å². The summed E-state index contributed by atoms with van der Waals surface area (Å²) in [7, 11) is 0. The van der Waals surface area contributed by atoms with E-state index in [9.17, 15) is 9.59 Å². The van der Waals surface area contributed by atoms with Crippen molar-refractivity contribution in [1.82, 2.24) is 5.32 Å². The Morgan fingerprint density at radius 3 is 2.71 bits per heavy atom. The Hall–Kier alpha value is -2.34. The van der Waals surface area contributed by atoms with Gasteiger partial charge in [-0.05, 0) is 35.6 Å². The van der Waals surface area contributed by atoms with Crippen LogP contribution in [-0.2, 0) is 11.4 Å². The summed E-state index contributed by atoms with van der Waals surface area (Å²) in [5, 5.41) is 4.70. The molecule has 0 radical (unpaired) electrons. The molecule has 2 aromatic rings. The van der Waals surface area contributed by atoms with Gasteiger partial charge in [0.2, 0.25) is 5.91 Å². The lowest BCUT2D eigenvalue weighted by Gasteiger charge is -2.21. The highest BCUT2D eigenvalue weighted by molar-refractivity contribution is 7.09. The van der Waals surface area contributed by atoms with Crippen molar-refractivity contribution in [1.29, 1.82) is 0 Å². The Balaban J connectivity index is 2.03. The molecule has 5 nitrogen and oxygen atoms in total. The molecule has 128 valence electrons. The smallest absolute Gasteiger partial charge is 0.252 e. The fourth-order valence-electron chi connectivity index (χ4n) is 2.23. The van der Waals surface area contributed by atoms with Crippen molar-refractivity contribution in [2.24, 2.45) is 11.7 Å². The molecule has 0 saturated carbocycles. The summed E-state index contributed by atoms with van der Waals surface area (Å²) in [6.07, 6.45) is 0.748. The Labute approximate surface area is 145 Å². The maximum absolute atomic E-state index is 12.4. The van der Waals surface area contributed by atoms with Crippen molar-refractivity contribution in [2.45, 2.75) is 32.9 Å². The van der Waals surface area contributed by atoms with Crippen LogP contribution in [0.15, 0.2) is 41.8 Å². The van der Waals surface area contributed by atoms with Crippen LogP contribution in [0.3, 0.4) is 0 Å².